The summed E-state index contributed by atoms with van der Waals surface area (Å²) in [5.74, 6) is -0.804. The van der Waals surface area contributed by atoms with Gasteiger partial charge in [0.1, 0.15) is 12.6 Å². The third-order valence-electron chi connectivity index (χ3n) is 8.02. The van der Waals surface area contributed by atoms with Crippen molar-refractivity contribution in [2.24, 2.45) is 0 Å². The Morgan fingerprint density at radius 1 is 0.826 bits per heavy atom. The maximum atomic E-state index is 14.6. The lowest BCUT2D eigenvalue weighted by Crippen LogP contribution is -2.54. The molecule has 4 aromatic carbocycles. The van der Waals surface area contributed by atoms with E-state index < -0.39 is 28.5 Å². The molecule has 7 nitrogen and oxygen atoms in total. The number of nitrogens with one attached hydrogen (secondary N) is 1. The van der Waals surface area contributed by atoms with E-state index in [1.807, 2.05) is 82.3 Å². The monoisotopic (exact) mass is 659 g/mol. The summed E-state index contributed by atoms with van der Waals surface area (Å²) < 4.78 is 29.7. The second-order valence-corrected chi connectivity index (χ2v) is 14.1. The lowest BCUT2D eigenvalue weighted by atomic mass is 10.0. The molecule has 0 unspecified atom stereocenters. The number of nitrogens with zero attached hydrogens (tertiary/aromatic N) is 2. The predicted octanol–water partition coefficient (Wildman–Crippen LogP) is 7.02. The van der Waals surface area contributed by atoms with Gasteiger partial charge in [0.2, 0.25) is 11.8 Å². The molecule has 0 heterocycles. The zero-order chi connectivity index (χ0) is 33.4. The molecule has 0 aromatic heterocycles. The van der Waals surface area contributed by atoms with Crippen molar-refractivity contribution in [1.29, 1.82) is 0 Å². The van der Waals surface area contributed by atoms with Gasteiger partial charge in [-0.25, -0.2) is 8.42 Å². The normalized spacial score (nSPS) is 12.7. The molecule has 0 radical (unpaired) electrons. The Morgan fingerprint density at radius 3 is 2.13 bits per heavy atom. The van der Waals surface area contributed by atoms with Gasteiger partial charge < -0.3 is 10.2 Å². The predicted molar refractivity (Wildman–Crippen MR) is 185 cm³/mol. The number of amides is 2. The largest absolute Gasteiger partial charge is 0.352 e. The number of halogens is 1. The number of aryl methyl sites for hydroxylation is 3. The minimum absolute atomic E-state index is 0.0563. The van der Waals surface area contributed by atoms with Gasteiger partial charge in [0.15, 0.2) is 0 Å². The SMILES string of the molecule is CC[C@H](C)NC(=O)[C@@H](Cc1ccccc1)N(Cc1cccc(C)c1)C(=O)CN(c1ccc(Cl)cc1C)S(=O)(=O)c1ccc(C)cc1. The first-order valence-electron chi connectivity index (χ1n) is 15.4. The fraction of sp³-hybridized carbons (Fsp3) is 0.297. The van der Waals surface area contributed by atoms with Crippen LogP contribution in [0, 0.1) is 20.8 Å². The summed E-state index contributed by atoms with van der Waals surface area (Å²) in [5, 5.41) is 3.51. The van der Waals surface area contributed by atoms with Crippen LogP contribution in [0.2, 0.25) is 5.02 Å². The molecule has 4 aromatic rings. The number of rotatable bonds is 13. The van der Waals surface area contributed by atoms with Gasteiger partial charge in [-0.05, 0) is 81.1 Å². The molecule has 4 rings (SSSR count). The van der Waals surface area contributed by atoms with Crippen molar-refractivity contribution in [3.8, 4) is 0 Å². The van der Waals surface area contributed by atoms with Gasteiger partial charge in [-0.1, -0.05) is 96.4 Å². The van der Waals surface area contributed by atoms with Crippen LogP contribution in [0.25, 0.3) is 0 Å². The van der Waals surface area contributed by atoms with Crippen LogP contribution in [0.4, 0.5) is 5.69 Å². The number of hydrogen-bond donors (Lipinski definition) is 1. The Balaban J connectivity index is 1.83. The van der Waals surface area contributed by atoms with Gasteiger partial charge in [0.25, 0.3) is 10.0 Å². The number of carbonyl (C=O) groups is 2. The van der Waals surface area contributed by atoms with Crippen molar-refractivity contribution in [2.45, 2.75) is 71.0 Å². The van der Waals surface area contributed by atoms with Crippen molar-refractivity contribution < 1.29 is 18.0 Å². The smallest absolute Gasteiger partial charge is 0.264 e. The Labute approximate surface area is 278 Å². The second-order valence-electron chi connectivity index (χ2n) is 11.8. The Kier molecular flexibility index (Phi) is 11.7. The Bertz CT molecular complexity index is 1760. The van der Waals surface area contributed by atoms with Gasteiger partial charge in [0.05, 0.1) is 10.6 Å². The van der Waals surface area contributed by atoms with Gasteiger partial charge in [-0.3, -0.25) is 13.9 Å². The van der Waals surface area contributed by atoms with Crippen LogP contribution in [0.3, 0.4) is 0 Å². The summed E-state index contributed by atoms with van der Waals surface area (Å²) in [4.78, 5) is 30.2. The van der Waals surface area contributed by atoms with E-state index in [9.17, 15) is 18.0 Å². The van der Waals surface area contributed by atoms with Crippen LogP contribution >= 0.6 is 11.6 Å². The van der Waals surface area contributed by atoms with Gasteiger partial charge in [-0.2, -0.15) is 0 Å². The van der Waals surface area contributed by atoms with E-state index in [1.165, 1.54) is 17.0 Å². The summed E-state index contributed by atoms with van der Waals surface area (Å²) in [6.45, 7) is 9.09. The molecular formula is C37H42ClN3O4S. The van der Waals surface area contributed by atoms with E-state index in [-0.39, 0.29) is 29.8 Å². The summed E-state index contributed by atoms with van der Waals surface area (Å²) in [6, 6.07) is 27.7. The van der Waals surface area contributed by atoms with Gasteiger partial charge in [-0.15, -0.1) is 0 Å². The molecule has 0 aliphatic carbocycles. The minimum Gasteiger partial charge on any atom is -0.352 e. The molecule has 0 bridgehead atoms. The summed E-state index contributed by atoms with van der Waals surface area (Å²) in [6.07, 6.45) is 0.972. The van der Waals surface area contributed by atoms with Gasteiger partial charge in [0, 0.05) is 24.0 Å². The van der Waals surface area contributed by atoms with Crippen LogP contribution in [0.5, 0.6) is 0 Å². The molecule has 2 amide bonds. The molecule has 1 N–H and O–H groups in total. The van der Waals surface area contributed by atoms with Gasteiger partial charge >= 0.3 is 0 Å². The average Bonchev–Trinajstić information content (AvgIpc) is 3.02. The topological polar surface area (TPSA) is 86.8 Å². The molecule has 0 saturated carbocycles. The van der Waals surface area contributed by atoms with Crippen molar-refractivity contribution >= 4 is 39.1 Å². The van der Waals surface area contributed by atoms with Crippen molar-refractivity contribution in [3.63, 3.8) is 0 Å². The molecular weight excluding hydrogens is 618 g/mol. The van der Waals surface area contributed by atoms with Crippen molar-refractivity contribution in [3.05, 3.63) is 130 Å². The van der Waals surface area contributed by atoms with Crippen LogP contribution < -0.4 is 9.62 Å². The molecule has 0 spiro atoms. The quantitative estimate of drug-likeness (QED) is 0.167. The molecule has 242 valence electrons. The lowest BCUT2D eigenvalue weighted by molar-refractivity contribution is -0.140. The molecule has 0 aliphatic rings. The first kappa shape index (κ1) is 34.7. The highest BCUT2D eigenvalue weighted by Crippen LogP contribution is 2.30. The highest BCUT2D eigenvalue weighted by molar-refractivity contribution is 7.92. The highest BCUT2D eigenvalue weighted by atomic mass is 35.5. The summed E-state index contributed by atoms with van der Waals surface area (Å²) >= 11 is 6.25. The second kappa shape index (κ2) is 15.4. The highest BCUT2D eigenvalue weighted by Gasteiger charge is 2.35. The molecule has 2 atom stereocenters. The average molecular weight is 660 g/mol. The van der Waals surface area contributed by atoms with E-state index in [2.05, 4.69) is 5.32 Å². The Morgan fingerprint density at radius 2 is 1.50 bits per heavy atom. The van der Waals surface area contributed by atoms with E-state index in [0.717, 1.165) is 26.6 Å². The summed E-state index contributed by atoms with van der Waals surface area (Å²) in [7, 11) is -4.20. The number of hydrogen-bond acceptors (Lipinski definition) is 4. The maximum Gasteiger partial charge on any atom is 0.264 e. The molecule has 0 aliphatic heterocycles. The third-order valence-corrected chi connectivity index (χ3v) is 10.0. The van der Waals surface area contributed by atoms with E-state index in [1.54, 1.807) is 37.3 Å². The number of sulfonamides is 1. The first-order chi connectivity index (χ1) is 21.9. The first-order valence-corrected chi connectivity index (χ1v) is 17.3. The van der Waals surface area contributed by atoms with Crippen LogP contribution in [-0.2, 0) is 32.6 Å². The van der Waals surface area contributed by atoms with E-state index in [0.29, 0.717) is 22.7 Å². The standard InChI is InChI=1S/C37H42ClN3O4S/c1-6-29(5)39-37(43)35(23-30-12-8-7-9-13-30)40(24-31-14-10-11-27(3)21-31)36(42)25-41(34-20-17-32(38)22-28(34)4)46(44,45)33-18-15-26(2)16-19-33/h7-22,29,35H,6,23-25H2,1-5H3,(H,39,43)/t29-,35+/m0/s1. The summed E-state index contributed by atoms with van der Waals surface area (Å²) in [5.41, 5.74) is 4.55. The molecule has 0 fully saturated rings. The van der Waals surface area contributed by atoms with Crippen LogP contribution in [-0.4, -0.2) is 43.8 Å². The number of carbonyl (C=O) groups excluding carboxylic acids is 2. The third kappa shape index (κ3) is 8.77. The molecule has 46 heavy (non-hydrogen) atoms. The van der Waals surface area contributed by atoms with Crippen molar-refractivity contribution in [2.75, 3.05) is 10.8 Å². The lowest BCUT2D eigenvalue weighted by Gasteiger charge is -2.34. The molecule has 0 saturated heterocycles. The minimum atomic E-state index is -4.20. The van der Waals surface area contributed by atoms with E-state index >= 15 is 0 Å². The fourth-order valence-corrected chi connectivity index (χ4v) is 6.96. The molecule has 9 heteroatoms. The fourth-order valence-electron chi connectivity index (χ4n) is 5.25. The zero-order valence-corrected chi connectivity index (χ0v) is 28.6. The van der Waals surface area contributed by atoms with Crippen LogP contribution in [0.1, 0.15) is 48.1 Å². The van der Waals surface area contributed by atoms with E-state index in [4.69, 9.17) is 11.6 Å². The number of anilines is 1. The number of benzene rings is 4. The van der Waals surface area contributed by atoms with Crippen LogP contribution in [0.15, 0.2) is 102 Å². The zero-order valence-electron chi connectivity index (χ0n) is 27.0. The van der Waals surface area contributed by atoms with Crippen molar-refractivity contribution in [1.82, 2.24) is 10.2 Å². The maximum absolute atomic E-state index is 14.6. The Hall–Kier alpha value is -4.14.